The highest BCUT2D eigenvalue weighted by atomic mass is 16.5. The molecule has 0 aromatic heterocycles. The maximum atomic E-state index is 9.13. The lowest BCUT2D eigenvalue weighted by atomic mass is 10.1. The minimum atomic E-state index is 0.535. The van der Waals surface area contributed by atoms with Crippen LogP contribution in [0.4, 0.5) is 0 Å². The van der Waals surface area contributed by atoms with Crippen molar-refractivity contribution in [1.29, 1.82) is 5.26 Å². The summed E-state index contributed by atoms with van der Waals surface area (Å²) in [6, 6.07) is 8.63. The first-order valence-corrected chi connectivity index (χ1v) is 6.95. The van der Waals surface area contributed by atoms with E-state index in [-0.39, 0.29) is 0 Å². The molecule has 0 heterocycles. The van der Waals surface area contributed by atoms with Gasteiger partial charge < -0.3 is 4.74 Å². The first-order chi connectivity index (χ1) is 9.13. The lowest BCUT2D eigenvalue weighted by Crippen LogP contribution is -2.32. The standard InChI is InChI=1S/C16H22N2O/c1-12(2)18(10-13-4-5-13)11-14-6-7-16(19-3)15(8-14)9-17/h6-8,12-13H,4-5,10-11H2,1-3H3. The molecular formula is C16H22N2O. The van der Waals surface area contributed by atoms with Crippen LogP contribution in [0, 0.1) is 17.2 Å². The van der Waals surface area contributed by atoms with E-state index in [0.29, 0.717) is 17.4 Å². The van der Waals surface area contributed by atoms with Crippen molar-refractivity contribution >= 4 is 0 Å². The molecule has 0 bridgehead atoms. The van der Waals surface area contributed by atoms with Crippen molar-refractivity contribution in [3.63, 3.8) is 0 Å². The predicted octanol–water partition coefficient (Wildman–Crippen LogP) is 3.19. The second-order valence-electron chi connectivity index (χ2n) is 5.61. The van der Waals surface area contributed by atoms with Gasteiger partial charge in [-0.1, -0.05) is 6.07 Å². The summed E-state index contributed by atoms with van der Waals surface area (Å²) in [5, 5.41) is 9.13. The molecule has 1 aliphatic rings. The SMILES string of the molecule is COc1ccc(CN(CC2CC2)C(C)C)cc1C#N. The van der Waals surface area contributed by atoms with Crippen LogP contribution in [0.15, 0.2) is 18.2 Å². The van der Waals surface area contributed by atoms with Gasteiger partial charge in [0, 0.05) is 19.1 Å². The van der Waals surface area contributed by atoms with Crippen LogP contribution in [0.3, 0.4) is 0 Å². The number of ether oxygens (including phenoxy) is 1. The fourth-order valence-corrected chi connectivity index (χ4v) is 2.27. The topological polar surface area (TPSA) is 36.3 Å². The zero-order chi connectivity index (χ0) is 13.8. The van der Waals surface area contributed by atoms with Gasteiger partial charge in [0.25, 0.3) is 0 Å². The Kier molecular flexibility index (Phi) is 4.44. The van der Waals surface area contributed by atoms with E-state index in [9.17, 15) is 0 Å². The second-order valence-corrected chi connectivity index (χ2v) is 5.61. The van der Waals surface area contributed by atoms with E-state index in [1.165, 1.54) is 24.9 Å². The Bertz CT molecular complexity index is 472. The van der Waals surface area contributed by atoms with Crippen molar-refractivity contribution in [2.75, 3.05) is 13.7 Å². The number of hydrogen-bond donors (Lipinski definition) is 0. The summed E-state index contributed by atoms with van der Waals surface area (Å²) in [5.41, 5.74) is 1.81. The summed E-state index contributed by atoms with van der Waals surface area (Å²) >= 11 is 0. The molecule has 0 atom stereocenters. The highest BCUT2D eigenvalue weighted by Crippen LogP contribution is 2.31. The second kappa shape index (κ2) is 6.08. The summed E-state index contributed by atoms with van der Waals surface area (Å²) < 4.78 is 5.18. The van der Waals surface area contributed by atoms with Crippen LogP contribution in [0.1, 0.15) is 37.8 Å². The molecule has 1 aromatic rings. The molecular weight excluding hydrogens is 236 g/mol. The molecule has 0 unspecified atom stereocenters. The van der Waals surface area contributed by atoms with Gasteiger partial charge >= 0.3 is 0 Å². The van der Waals surface area contributed by atoms with Crippen LogP contribution in [0.25, 0.3) is 0 Å². The maximum Gasteiger partial charge on any atom is 0.136 e. The molecule has 3 heteroatoms. The Labute approximate surface area is 115 Å². The van der Waals surface area contributed by atoms with Crippen LogP contribution in [-0.2, 0) is 6.54 Å². The number of methoxy groups -OCH3 is 1. The molecule has 1 saturated carbocycles. The van der Waals surface area contributed by atoms with Crippen LogP contribution >= 0.6 is 0 Å². The first kappa shape index (κ1) is 13.9. The van der Waals surface area contributed by atoms with Gasteiger partial charge in [0.2, 0.25) is 0 Å². The summed E-state index contributed by atoms with van der Waals surface area (Å²) in [6.07, 6.45) is 2.74. The molecule has 1 fully saturated rings. The predicted molar refractivity (Wildman–Crippen MR) is 76.0 cm³/mol. The molecule has 0 spiro atoms. The van der Waals surface area contributed by atoms with Crippen LogP contribution in [0.2, 0.25) is 0 Å². The molecule has 19 heavy (non-hydrogen) atoms. The van der Waals surface area contributed by atoms with Gasteiger partial charge in [-0.3, -0.25) is 4.90 Å². The third-order valence-corrected chi connectivity index (χ3v) is 3.69. The summed E-state index contributed by atoms with van der Waals surface area (Å²) in [5.74, 6) is 1.54. The van der Waals surface area contributed by atoms with Gasteiger partial charge in [0.15, 0.2) is 0 Å². The van der Waals surface area contributed by atoms with Gasteiger partial charge in [0.05, 0.1) is 12.7 Å². The fraction of sp³-hybridized carbons (Fsp3) is 0.562. The number of benzene rings is 1. The monoisotopic (exact) mass is 258 g/mol. The minimum Gasteiger partial charge on any atom is -0.495 e. The first-order valence-electron chi connectivity index (χ1n) is 6.95. The zero-order valence-corrected chi connectivity index (χ0v) is 12.0. The van der Waals surface area contributed by atoms with E-state index in [0.717, 1.165) is 12.5 Å². The number of nitriles is 1. The van der Waals surface area contributed by atoms with E-state index in [1.54, 1.807) is 7.11 Å². The van der Waals surface area contributed by atoms with Crippen molar-refractivity contribution in [2.24, 2.45) is 5.92 Å². The number of hydrogen-bond acceptors (Lipinski definition) is 3. The Hall–Kier alpha value is -1.53. The Morgan fingerprint density at radius 1 is 1.42 bits per heavy atom. The van der Waals surface area contributed by atoms with Crippen molar-refractivity contribution in [1.82, 2.24) is 4.90 Å². The molecule has 102 valence electrons. The van der Waals surface area contributed by atoms with Crippen LogP contribution in [0.5, 0.6) is 5.75 Å². The molecule has 0 saturated heterocycles. The van der Waals surface area contributed by atoms with Gasteiger partial charge in [-0.15, -0.1) is 0 Å². The Morgan fingerprint density at radius 2 is 2.16 bits per heavy atom. The van der Waals surface area contributed by atoms with E-state index in [1.807, 2.05) is 12.1 Å². The highest BCUT2D eigenvalue weighted by Gasteiger charge is 2.25. The number of rotatable bonds is 6. The molecule has 0 radical (unpaired) electrons. The van der Waals surface area contributed by atoms with Gasteiger partial charge in [0.1, 0.15) is 11.8 Å². The van der Waals surface area contributed by atoms with Crippen LogP contribution < -0.4 is 4.74 Å². The molecule has 0 N–H and O–H groups in total. The van der Waals surface area contributed by atoms with E-state index >= 15 is 0 Å². The zero-order valence-electron chi connectivity index (χ0n) is 12.0. The molecule has 0 aliphatic heterocycles. The van der Waals surface area contributed by atoms with Gasteiger partial charge in [-0.2, -0.15) is 5.26 Å². The number of nitrogens with zero attached hydrogens (tertiary/aromatic N) is 2. The lowest BCUT2D eigenvalue weighted by molar-refractivity contribution is 0.203. The quantitative estimate of drug-likeness (QED) is 0.786. The fourth-order valence-electron chi connectivity index (χ4n) is 2.27. The van der Waals surface area contributed by atoms with E-state index < -0.39 is 0 Å². The molecule has 1 aromatic carbocycles. The third-order valence-electron chi connectivity index (χ3n) is 3.69. The summed E-state index contributed by atoms with van der Waals surface area (Å²) in [6.45, 7) is 6.55. The smallest absolute Gasteiger partial charge is 0.136 e. The average molecular weight is 258 g/mol. The molecule has 3 nitrogen and oxygen atoms in total. The van der Waals surface area contributed by atoms with Crippen LogP contribution in [-0.4, -0.2) is 24.6 Å². The highest BCUT2D eigenvalue weighted by molar-refractivity contribution is 5.45. The van der Waals surface area contributed by atoms with Crippen molar-refractivity contribution < 1.29 is 4.74 Å². The molecule has 2 rings (SSSR count). The van der Waals surface area contributed by atoms with Crippen molar-refractivity contribution in [3.8, 4) is 11.8 Å². The molecule has 0 amide bonds. The Morgan fingerprint density at radius 3 is 2.68 bits per heavy atom. The van der Waals surface area contributed by atoms with Crippen molar-refractivity contribution in [3.05, 3.63) is 29.3 Å². The lowest BCUT2D eigenvalue weighted by Gasteiger charge is -2.26. The summed E-state index contributed by atoms with van der Waals surface area (Å²) in [7, 11) is 1.60. The average Bonchev–Trinajstić information content (AvgIpc) is 3.21. The maximum absolute atomic E-state index is 9.13. The largest absolute Gasteiger partial charge is 0.495 e. The molecule has 1 aliphatic carbocycles. The van der Waals surface area contributed by atoms with E-state index in [2.05, 4.69) is 30.9 Å². The summed E-state index contributed by atoms with van der Waals surface area (Å²) in [4.78, 5) is 2.49. The van der Waals surface area contributed by atoms with Gasteiger partial charge in [-0.05, 0) is 50.3 Å². The Balaban J connectivity index is 2.09. The van der Waals surface area contributed by atoms with Gasteiger partial charge in [-0.25, -0.2) is 0 Å². The normalized spacial score (nSPS) is 14.7. The van der Waals surface area contributed by atoms with Crippen molar-refractivity contribution in [2.45, 2.75) is 39.3 Å². The minimum absolute atomic E-state index is 0.535. The van der Waals surface area contributed by atoms with E-state index in [4.69, 9.17) is 10.00 Å². The third kappa shape index (κ3) is 3.71.